The molecule has 1 unspecified atom stereocenters. The molecule has 0 amide bonds. The first-order valence-corrected chi connectivity index (χ1v) is 17.0. The number of carbonyl (C=O) groups excluding carboxylic acids is 4. The molecular formula is C37H50FN2O9+. The maximum atomic E-state index is 17.7. The van der Waals surface area contributed by atoms with Gasteiger partial charge in [0.2, 0.25) is 0 Å². The number of aromatic nitrogens is 2. The minimum Gasteiger partial charge on any atom is -0.461 e. The number of aliphatic hydroxyl groups excluding tert-OH is 1. The van der Waals surface area contributed by atoms with Gasteiger partial charge in [0.05, 0.1) is 31.5 Å². The van der Waals surface area contributed by atoms with E-state index in [0.29, 0.717) is 47.9 Å². The van der Waals surface area contributed by atoms with Crippen LogP contribution < -0.4 is 4.73 Å². The quantitative estimate of drug-likeness (QED) is 0.139. The van der Waals surface area contributed by atoms with Gasteiger partial charge in [0.15, 0.2) is 17.2 Å². The number of Topliss-reactive ketones (excluding diaryl/α,β-unsaturated/α-hetero) is 1. The molecule has 0 aliphatic heterocycles. The molecule has 11 nitrogen and oxygen atoms in total. The smallest absolute Gasteiger partial charge is 0.328 e. The number of fused-ring (bicyclic) bond motifs is 1. The van der Waals surface area contributed by atoms with Crippen molar-refractivity contribution >= 4 is 34.5 Å². The number of pyridine rings is 1. The van der Waals surface area contributed by atoms with Gasteiger partial charge >= 0.3 is 17.6 Å². The largest absolute Gasteiger partial charge is 0.461 e. The van der Waals surface area contributed by atoms with E-state index in [-0.39, 0.29) is 25.2 Å². The summed E-state index contributed by atoms with van der Waals surface area (Å²) in [6, 6.07) is 3.42. The summed E-state index contributed by atoms with van der Waals surface area (Å²) in [6.07, 6.45) is 7.53. The molecule has 4 rings (SSSR count). The van der Waals surface area contributed by atoms with Crippen molar-refractivity contribution in [3.05, 3.63) is 53.9 Å². The Morgan fingerprint density at radius 1 is 1.22 bits per heavy atom. The Kier molecular flexibility index (Phi) is 11.2. The van der Waals surface area contributed by atoms with Crippen LogP contribution in [0.15, 0.2) is 48.3 Å². The molecule has 6 atom stereocenters. The van der Waals surface area contributed by atoms with E-state index in [1.165, 1.54) is 31.3 Å². The first kappa shape index (κ1) is 37.9. The van der Waals surface area contributed by atoms with Gasteiger partial charge in [-0.15, -0.1) is 0 Å². The van der Waals surface area contributed by atoms with Crippen LogP contribution in [0.1, 0.15) is 91.5 Å². The molecule has 0 spiro atoms. The van der Waals surface area contributed by atoms with Gasteiger partial charge in [-0.1, -0.05) is 43.6 Å². The Morgan fingerprint density at radius 2 is 1.92 bits per heavy atom. The highest BCUT2D eigenvalue weighted by Gasteiger charge is 2.63. The Bertz CT molecular complexity index is 1660. The second kappa shape index (κ2) is 14.5. The number of rotatable bonds is 15. The lowest BCUT2D eigenvalue weighted by Crippen LogP contribution is -2.59. The Labute approximate surface area is 286 Å². The topological polar surface area (TPSA) is 156 Å². The molecular weight excluding hydrogens is 635 g/mol. The number of hydrogen-bond donors (Lipinski definition) is 3. The Hall–Kier alpha value is -3.90. The number of alkyl halides is 1. The second-order valence-electron chi connectivity index (χ2n) is 14.3. The number of unbranched alkanes of at least 4 members (excludes halogenated alkanes) is 1. The molecule has 2 aromatic heterocycles. The van der Waals surface area contributed by atoms with E-state index in [9.17, 15) is 34.6 Å². The highest BCUT2D eigenvalue weighted by molar-refractivity contribution is 6.01. The van der Waals surface area contributed by atoms with Crippen molar-refractivity contribution in [1.82, 2.24) is 4.57 Å². The van der Waals surface area contributed by atoms with E-state index in [0.717, 1.165) is 11.2 Å². The zero-order valence-electron chi connectivity index (χ0n) is 29.3. The number of esters is 2. The van der Waals surface area contributed by atoms with Gasteiger partial charge in [-0.25, -0.2) is 8.96 Å². The van der Waals surface area contributed by atoms with Crippen molar-refractivity contribution in [3.63, 3.8) is 0 Å². The molecule has 0 aromatic carbocycles. The molecule has 2 aliphatic carbocycles. The van der Waals surface area contributed by atoms with Gasteiger partial charge in [0.25, 0.3) is 0 Å². The zero-order valence-corrected chi connectivity index (χ0v) is 29.3. The van der Waals surface area contributed by atoms with E-state index < -0.39 is 64.9 Å². The summed E-state index contributed by atoms with van der Waals surface area (Å²) in [5, 5.41) is 32.3. The normalized spacial score (nSPS) is 27.1. The first-order chi connectivity index (χ1) is 22.9. The number of ether oxygens (including phenoxy) is 2. The minimum atomic E-state index is -2.34. The summed E-state index contributed by atoms with van der Waals surface area (Å²) >= 11 is 0. The van der Waals surface area contributed by atoms with Crippen LogP contribution >= 0.6 is 0 Å². The van der Waals surface area contributed by atoms with Crippen LogP contribution in [0.5, 0.6) is 0 Å². The number of ketones is 2. The minimum absolute atomic E-state index is 0.106. The molecule has 0 saturated heterocycles. The number of allylic oxidation sites excluding steroid dienone is 4. The van der Waals surface area contributed by atoms with Crippen molar-refractivity contribution in [3.8, 4) is 0 Å². The third-order valence-corrected chi connectivity index (χ3v) is 11.1. The van der Waals surface area contributed by atoms with E-state index in [2.05, 4.69) is 0 Å². The fraction of sp³-hybridized carbons (Fsp3) is 0.595. The lowest BCUT2D eigenvalue weighted by molar-refractivity contribution is -0.886. The summed E-state index contributed by atoms with van der Waals surface area (Å²) < 4.78 is 31.6. The van der Waals surface area contributed by atoms with Crippen molar-refractivity contribution < 1.29 is 53.2 Å². The lowest BCUT2D eigenvalue weighted by Gasteiger charge is -2.49. The van der Waals surface area contributed by atoms with E-state index in [1.807, 2.05) is 6.92 Å². The van der Waals surface area contributed by atoms with E-state index in [1.54, 1.807) is 50.7 Å². The third kappa shape index (κ3) is 7.08. The highest BCUT2D eigenvalue weighted by atomic mass is 19.1. The highest BCUT2D eigenvalue weighted by Crippen LogP contribution is 2.57. The number of nitrogens with zero attached hydrogens (tertiary/aromatic N) is 2. The number of aryl methyl sites for hydroxylation is 1. The predicted octanol–water partition coefficient (Wildman–Crippen LogP) is 4.55. The molecule has 268 valence electrons. The van der Waals surface area contributed by atoms with Gasteiger partial charge in [-0.2, -0.15) is 0 Å². The molecule has 2 heterocycles. The molecule has 2 aliphatic rings. The maximum absolute atomic E-state index is 17.7. The molecule has 49 heavy (non-hydrogen) atoms. The van der Waals surface area contributed by atoms with Gasteiger partial charge < -0.3 is 24.9 Å². The molecule has 0 radical (unpaired) electrons. The van der Waals surface area contributed by atoms with Crippen molar-refractivity contribution in [2.45, 2.75) is 110 Å². The first-order valence-electron chi connectivity index (χ1n) is 17.0. The summed E-state index contributed by atoms with van der Waals surface area (Å²) in [4.78, 5) is 51.5. The summed E-state index contributed by atoms with van der Waals surface area (Å²) in [7, 11) is 1.74. The maximum Gasteiger partial charge on any atom is 0.328 e. The van der Waals surface area contributed by atoms with Gasteiger partial charge in [-0.3, -0.25) is 19.2 Å². The zero-order chi connectivity index (χ0) is 36.4. The van der Waals surface area contributed by atoms with E-state index >= 15 is 4.39 Å². The molecule has 1 saturated carbocycles. The van der Waals surface area contributed by atoms with Crippen LogP contribution in [-0.2, 0) is 42.3 Å². The number of carbonyl (C=O) groups is 4. The number of hydrogen-bond acceptors (Lipinski definition) is 9. The second-order valence-corrected chi connectivity index (χ2v) is 14.3. The molecule has 1 fully saturated rings. The average Bonchev–Trinajstić information content (AvgIpc) is 3.51. The monoisotopic (exact) mass is 685 g/mol. The van der Waals surface area contributed by atoms with Gasteiger partial charge in [0, 0.05) is 16.4 Å². The molecule has 3 N–H and O–H groups in total. The SMILES string of the molecule is CCCCC1=CC(=O)C=C[C@]1(C)[C@@](C)(F)C(C[C@@]1(C)CC[C@@H](C)[C@]1(O)C(=O)CO)OC(=O)CCC(=O)OCc1cn(C)c2c1ccc[n+]2O. The molecule has 0 bridgehead atoms. The van der Waals surface area contributed by atoms with Crippen molar-refractivity contribution in [2.75, 3.05) is 6.61 Å². The van der Waals surface area contributed by atoms with Crippen LogP contribution in [0, 0.1) is 16.7 Å². The standard InChI is InChI=1S/C37H50FN2O9/c1-7-8-10-26-19-27(42)15-17-35(26,4)36(5,38)30(20-34(3)16-14-24(2)37(34,46)29(43)22-41)49-32(45)13-12-31(44)48-23-25-21-39(6)33-28(25)11-9-18-40(33)47/h9,11,15,17-19,21,24,30,41,46-47H,7-8,10,12-14,16,20,22-23H2,1-6H3/q+1/t24-,30?,34-,35+,36+,37+/m1/s1. The fourth-order valence-corrected chi connectivity index (χ4v) is 7.73. The van der Waals surface area contributed by atoms with Crippen LogP contribution in [0.3, 0.4) is 0 Å². The average molecular weight is 686 g/mol. The van der Waals surface area contributed by atoms with Gasteiger partial charge in [0.1, 0.15) is 31.1 Å². The van der Waals surface area contributed by atoms with Gasteiger partial charge in [-0.05, 0) is 76.2 Å². The molecule has 2 aromatic rings. The van der Waals surface area contributed by atoms with Crippen LogP contribution in [0.25, 0.3) is 11.0 Å². The number of aliphatic hydroxyl groups is 2. The summed E-state index contributed by atoms with van der Waals surface area (Å²) in [6.45, 7) is 7.25. The Balaban J connectivity index is 1.56. The third-order valence-electron chi connectivity index (χ3n) is 11.1. The Morgan fingerprint density at radius 3 is 2.59 bits per heavy atom. The van der Waals surface area contributed by atoms with Crippen molar-refractivity contribution in [1.29, 1.82) is 0 Å². The van der Waals surface area contributed by atoms with Crippen LogP contribution in [0.4, 0.5) is 4.39 Å². The van der Waals surface area contributed by atoms with Crippen LogP contribution in [-0.4, -0.2) is 67.5 Å². The van der Waals surface area contributed by atoms with Crippen molar-refractivity contribution in [2.24, 2.45) is 23.8 Å². The van der Waals surface area contributed by atoms with E-state index in [4.69, 9.17) is 9.47 Å². The lowest BCUT2D eigenvalue weighted by atomic mass is 9.60. The van der Waals surface area contributed by atoms with Crippen LogP contribution in [0.2, 0.25) is 0 Å². The predicted molar refractivity (Wildman–Crippen MR) is 177 cm³/mol. The summed E-state index contributed by atoms with van der Waals surface area (Å²) in [5.74, 6) is -3.16. The number of halogens is 1. The molecule has 12 heteroatoms. The summed E-state index contributed by atoms with van der Waals surface area (Å²) in [5.41, 5.74) is -5.29. The fourth-order valence-electron chi connectivity index (χ4n) is 7.73.